The van der Waals surface area contributed by atoms with Crippen molar-refractivity contribution >= 4 is 16.9 Å². The molecule has 0 bridgehead atoms. The van der Waals surface area contributed by atoms with Gasteiger partial charge in [0, 0.05) is 25.8 Å². The first-order chi connectivity index (χ1) is 11.0. The number of fused-ring (bicyclic) bond motifs is 1. The summed E-state index contributed by atoms with van der Waals surface area (Å²) >= 11 is 0. The summed E-state index contributed by atoms with van der Waals surface area (Å²) in [6, 6.07) is 3.23. The van der Waals surface area contributed by atoms with Crippen molar-refractivity contribution in [3.8, 4) is 0 Å². The monoisotopic (exact) mass is 324 g/mol. The van der Waals surface area contributed by atoms with Gasteiger partial charge >= 0.3 is 5.69 Å². The summed E-state index contributed by atoms with van der Waals surface area (Å²) in [6.07, 6.45) is -2.65. The normalized spacial score (nSPS) is 27.6. The van der Waals surface area contributed by atoms with Gasteiger partial charge in [0.1, 0.15) is 18.0 Å². The fourth-order valence-corrected chi connectivity index (χ4v) is 2.70. The van der Waals surface area contributed by atoms with Crippen molar-refractivity contribution in [2.45, 2.75) is 24.6 Å². The molecule has 0 radical (unpaired) electrons. The van der Waals surface area contributed by atoms with E-state index in [1.807, 2.05) is 0 Å². The van der Waals surface area contributed by atoms with E-state index in [9.17, 15) is 9.18 Å². The maximum absolute atomic E-state index is 14.6. The van der Waals surface area contributed by atoms with Crippen molar-refractivity contribution in [3.63, 3.8) is 0 Å². The highest BCUT2D eigenvalue weighted by Crippen LogP contribution is 2.33. The van der Waals surface area contributed by atoms with E-state index in [2.05, 4.69) is 9.97 Å². The molecule has 124 valence electrons. The maximum atomic E-state index is 14.6. The number of aromatic nitrogens is 3. The number of nitrogen functional groups attached to an aromatic ring is 1. The Hall–Kier alpha value is -2.10. The third-order valence-electron chi connectivity index (χ3n) is 3.77. The number of halogens is 1. The highest BCUT2D eigenvalue weighted by atomic mass is 19.1. The van der Waals surface area contributed by atoms with Gasteiger partial charge < -0.3 is 19.9 Å². The van der Waals surface area contributed by atoms with E-state index in [1.54, 1.807) is 12.1 Å². The van der Waals surface area contributed by atoms with Crippen LogP contribution in [0.1, 0.15) is 6.23 Å². The van der Waals surface area contributed by atoms with Gasteiger partial charge in [-0.15, -0.1) is 0 Å². The van der Waals surface area contributed by atoms with Gasteiger partial charge in [0.2, 0.25) is 0 Å². The first-order valence-corrected chi connectivity index (χ1v) is 7.02. The molecule has 0 amide bonds. The van der Waals surface area contributed by atoms with Crippen molar-refractivity contribution in [1.29, 1.82) is 0 Å². The van der Waals surface area contributed by atoms with E-state index < -0.39 is 30.3 Å². The second kappa shape index (κ2) is 6.19. The number of hydrogen-bond acceptors (Lipinski definition) is 7. The Bertz CT molecular complexity index is 768. The van der Waals surface area contributed by atoms with Crippen molar-refractivity contribution < 1.29 is 18.6 Å². The van der Waals surface area contributed by atoms with Gasteiger partial charge in [-0.2, -0.15) is 4.98 Å². The maximum Gasteiger partial charge on any atom is 0.351 e. The predicted molar refractivity (Wildman–Crippen MR) is 79.7 cm³/mol. The van der Waals surface area contributed by atoms with E-state index in [4.69, 9.17) is 19.9 Å². The molecule has 0 aliphatic carbocycles. The first kappa shape index (κ1) is 15.8. The quantitative estimate of drug-likeness (QED) is 0.861. The van der Waals surface area contributed by atoms with Crippen LogP contribution in [0.15, 0.2) is 23.1 Å². The van der Waals surface area contributed by atoms with Crippen LogP contribution < -0.4 is 11.4 Å². The minimum Gasteiger partial charge on any atom is -0.384 e. The van der Waals surface area contributed by atoms with E-state index in [0.29, 0.717) is 5.39 Å². The summed E-state index contributed by atoms with van der Waals surface area (Å²) < 4.78 is 31.5. The van der Waals surface area contributed by atoms with Gasteiger partial charge in [-0.05, 0) is 12.1 Å². The van der Waals surface area contributed by atoms with Crippen LogP contribution in [0.25, 0.3) is 11.0 Å². The molecule has 0 aromatic carbocycles. The van der Waals surface area contributed by atoms with E-state index >= 15 is 0 Å². The zero-order chi connectivity index (χ0) is 16.6. The van der Waals surface area contributed by atoms with Gasteiger partial charge in [0.05, 0.1) is 6.61 Å². The second-order valence-corrected chi connectivity index (χ2v) is 5.24. The molecular weight excluding hydrogens is 307 g/mol. The average Bonchev–Trinajstić information content (AvgIpc) is 2.82. The molecule has 23 heavy (non-hydrogen) atoms. The molecule has 1 fully saturated rings. The van der Waals surface area contributed by atoms with E-state index in [0.717, 1.165) is 4.57 Å². The molecule has 0 spiro atoms. The molecule has 9 heteroatoms. The van der Waals surface area contributed by atoms with Gasteiger partial charge in [0.25, 0.3) is 0 Å². The van der Waals surface area contributed by atoms with Gasteiger partial charge in [0.15, 0.2) is 18.0 Å². The molecule has 2 N–H and O–H groups in total. The Labute approximate surface area is 131 Å². The molecule has 2 aromatic heterocycles. The molecule has 1 unspecified atom stereocenters. The van der Waals surface area contributed by atoms with Crippen LogP contribution in [0, 0.1) is 0 Å². The standard InChI is InChI=1S/C14H17FN4O4/c1-21-6-8-11(22-2)10(15)13(23-8)19-5-7-3-4-9(16)17-12(7)18-14(19)20/h3-5,8,10-11,13H,6H2,1-2H3,(H2,16,17,18,20)/t8-,10+,11?,13-/m1/s1. The summed E-state index contributed by atoms with van der Waals surface area (Å²) in [7, 11) is 2.87. The Kier molecular flexibility index (Phi) is 4.24. The third-order valence-corrected chi connectivity index (χ3v) is 3.77. The summed E-state index contributed by atoms with van der Waals surface area (Å²) in [5.74, 6) is 0.252. The van der Waals surface area contributed by atoms with Crippen LogP contribution in [0.2, 0.25) is 0 Å². The highest BCUT2D eigenvalue weighted by molar-refractivity contribution is 5.74. The zero-order valence-corrected chi connectivity index (χ0v) is 12.7. The van der Waals surface area contributed by atoms with E-state index in [1.165, 1.54) is 20.4 Å². The van der Waals surface area contributed by atoms with Crippen LogP contribution in [0.4, 0.5) is 10.2 Å². The smallest absolute Gasteiger partial charge is 0.351 e. The fraction of sp³-hybridized carbons (Fsp3) is 0.500. The molecule has 8 nitrogen and oxygen atoms in total. The zero-order valence-electron chi connectivity index (χ0n) is 12.7. The number of alkyl halides is 1. The highest BCUT2D eigenvalue weighted by Gasteiger charge is 2.46. The molecule has 1 aliphatic heterocycles. The number of rotatable bonds is 4. The molecule has 1 aliphatic rings. The minimum absolute atomic E-state index is 0.156. The lowest BCUT2D eigenvalue weighted by Gasteiger charge is -2.16. The molecule has 4 atom stereocenters. The summed E-state index contributed by atoms with van der Waals surface area (Å²) in [5.41, 5.74) is 5.10. The third kappa shape index (κ3) is 2.78. The first-order valence-electron chi connectivity index (χ1n) is 7.02. The van der Waals surface area contributed by atoms with Crippen molar-refractivity contribution in [3.05, 3.63) is 28.8 Å². The van der Waals surface area contributed by atoms with Gasteiger partial charge in [-0.3, -0.25) is 4.57 Å². The molecule has 1 saturated heterocycles. The lowest BCUT2D eigenvalue weighted by Crippen LogP contribution is -2.35. The Morgan fingerprint density at radius 1 is 1.39 bits per heavy atom. The lowest BCUT2D eigenvalue weighted by atomic mass is 10.1. The summed E-state index contributed by atoms with van der Waals surface area (Å²) in [5, 5.41) is 0.554. The van der Waals surface area contributed by atoms with Gasteiger partial charge in [-0.1, -0.05) is 0 Å². The molecular formula is C14H17FN4O4. The summed E-state index contributed by atoms with van der Waals surface area (Å²) in [6.45, 7) is 0.156. The Balaban J connectivity index is 2.01. The van der Waals surface area contributed by atoms with Crippen LogP contribution in [0.3, 0.4) is 0 Å². The molecule has 2 aromatic rings. The lowest BCUT2D eigenvalue weighted by molar-refractivity contribution is -0.0623. The Morgan fingerprint density at radius 3 is 2.87 bits per heavy atom. The number of nitrogens with two attached hydrogens (primary N) is 1. The molecule has 3 heterocycles. The number of anilines is 1. The second-order valence-electron chi connectivity index (χ2n) is 5.24. The van der Waals surface area contributed by atoms with Crippen LogP contribution in [0.5, 0.6) is 0 Å². The molecule has 3 rings (SSSR count). The topological polar surface area (TPSA) is 101 Å². The largest absolute Gasteiger partial charge is 0.384 e. The Morgan fingerprint density at radius 2 is 2.17 bits per heavy atom. The number of nitrogens with zero attached hydrogens (tertiary/aromatic N) is 3. The number of ether oxygens (including phenoxy) is 3. The van der Waals surface area contributed by atoms with Crippen LogP contribution in [-0.2, 0) is 14.2 Å². The predicted octanol–water partition coefficient (Wildman–Crippen LogP) is 0.271. The number of methoxy groups -OCH3 is 2. The van der Waals surface area contributed by atoms with E-state index in [-0.39, 0.29) is 18.1 Å². The van der Waals surface area contributed by atoms with Crippen LogP contribution in [-0.4, -0.2) is 53.7 Å². The molecule has 0 saturated carbocycles. The van der Waals surface area contributed by atoms with Crippen molar-refractivity contribution in [2.24, 2.45) is 0 Å². The SMILES string of the molecule is COC[C@H]1O[C@@H](n2cc3ccc(N)nc3nc2=O)[C@@H](F)C1OC. The van der Waals surface area contributed by atoms with Crippen molar-refractivity contribution in [2.75, 3.05) is 26.6 Å². The summed E-state index contributed by atoms with van der Waals surface area (Å²) in [4.78, 5) is 20.0. The number of hydrogen-bond donors (Lipinski definition) is 1. The fourth-order valence-electron chi connectivity index (χ4n) is 2.70. The minimum atomic E-state index is -1.53. The average molecular weight is 324 g/mol. The van der Waals surface area contributed by atoms with Crippen LogP contribution >= 0.6 is 0 Å². The van der Waals surface area contributed by atoms with Crippen molar-refractivity contribution in [1.82, 2.24) is 14.5 Å². The van der Waals surface area contributed by atoms with Gasteiger partial charge in [-0.25, -0.2) is 14.2 Å². The number of pyridine rings is 1.